The Morgan fingerprint density at radius 2 is 1.76 bits per heavy atom. The number of rotatable bonds is 3. The number of piperidine rings is 1. The lowest BCUT2D eigenvalue weighted by atomic mass is 9.78. The lowest BCUT2D eigenvalue weighted by Gasteiger charge is -2.27. The largest absolute Gasteiger partial charge is 0.511 e. The molecule has 0 spiro atoms. The highest BCUT2D eigenvalue weighted by Gasteiger charge is 2.35. The highest BCUT2D eigenvalue weighted by molar-refractivity contribution is 6.22. The Labute approximate surface area is 123 Å². The molecule has 6 heteroatoms. The third-order valence-corrected chi connectivity index (χ3v) is 4.15. The minimum Gasteiger partial charge on any atom is -0.511 e. The average Bonchev–Trinajstić information content (AvgIpc) is 2.35. The van der Waals surface area contributed by atoms with Gasteiger partial charge in [0.1, 0.15) is 5.76 Å². The minimum atomic E-state index is -0.348. The van der Waals surface area contributed by atoms with Gasteiger partial charge in [0.2, 0.25) is 11.8 Å². The van der Waals surface area contributed by atoms with Gasteiger partial charge >= 0.3 is 0 Å². The van der Waals surface area contributed by atoms with E-state index >= 15 is 0 Å². The first-order valence-corrected chi connectivity index (χ1v) is 7.17. The molecule has 0 radical (unpaired) electrons. The summed E-state index contributed by atoms with van der Waals surface area (Å²) in [6, 6.07) is 0. The number of hydrogen-bond donors (Lipinski definition) is 3. The molecule has 1 heterocycles. The van der Waals surface area contributed by atoms with E-state index in [2.05, 4.69) is 5.32 Å². The maximum absolute atomic E-state index is 12.2. The normalized spacial score (nSPS) is 27.8. The molecule has 2 rings (SSSR count). The van der Waals surface area contributed by atoms with Crippen LogP contribution in [0.3, 0.4) is 0 Å². The monoisotopic (exact) mass is 292 g/mol. The molecule has 1 aliphatic heterocycles. The zero-order chi connectivity index (χ0) is 15.7. The molecule has 6 nitrogen and oxygen atoms in total. The van der Waals surface area contributed by atoms with Crippen molar-refractivity contribution in [2.45, 2.75) is 39.5 Å². The smallest absolute Gasteiger partial charge is 0.226 e. The second-order valence-electron chi connectivity index (χ2n) is 6.09. The van der Waals surface area contributed by atoms with E-state index in [9.17, 15) is 19.5 Å². The standard InChI is InChI=1S/C15H20N2O4/c1-7-3-8(2)15(21)13(14(7)20)10(16)4-9-5-11(18)17-12(19)6-9/h7-9,16,20H,3-6H2,1-2H3,(H,17,18,19)/t7-,8+/m1/s1. The molecule has 0 bridgehead atoms. The Morgan fingerprint density at radius 3 is 2.33 bits per heavy atom. The van der Waals surface area contributed by atoms with E-state index in [1.165, 1.54) is 0 Å². The molecule has 0 saturated carbocycles. The van der Waals surface area contributed by atoms with Gasteiger partial charge in [0.25, 0.3) is 0 Å². The fraction of sp³-hybridized carbons (Fsp3) is 0.600. The van der Waals surface area contributed by atoms with Crippen molar-refractivity contribution >= 4 is 23.3 Å². The van der Waals surface area contributed by atoms with E-state index in [-0.39, 0.29) is 71.7 Å². The molecule has 3 N–H and O–H groups in total. The highest BCUT2D eigenvalue weighted by atomic mass is 16.3. The quantitative estimate of drug-likeness (QED) is 0.541. The van der Waals surface area contributed by atoms with Crippen LogP contribution in [0.25, 0.3) is 0 Å². The number of carbonyl (C=O) groups excluding carboxylic acids is 3. The fourth-order valence-electron chi connectivity index (χ4n) is 3.06. The van der Waals surface area contributed by atoms with Crippen LogP contribution >= 0.6 is 0 Å². The van der Waals surface area contributed by atoms with Gasteiger partial charge in [0.05, 0.1) is 5.57 Å². The second-order valence-corrected chi connectivity index (χ2v) is 6.09. The van der Waals surface area contributed by atoms with Crippen molar-refractivity contribution < 1.29 is 19.5 Å². The summed E-state index contributed by atoms with van der Waals surface area (Å²) >= 11 is 0. The lowest BCUT2D eigenvalue weighted by molar-refractivity contribution is -0.134. The van der Waals surface area contributed by atoms with E-state index in [0.717, 1.165) is 0 Å². The van der Waals surface area contributed by atoms with Gasteiger partial charge in [0.15, 0.2) is 5.78 Å². The number of amides is 2. The lowest BCUT2D eigenvalue weighted by Crippen LogP contribution is -2.39. The molecule has 114 valence electrons. The van der Waals surface area contributed by atoms with E-state index in [1.54, 1.807) is 6.92 Å². The van der Waals surface area contributed by atoms with Crippen molar-refractivity contribution in [2.24, 2.45) is 17.8 Å². The summed E-state index contributed by atoms with van der Waals surface area (Å²) in [7, 11) is 0. The number of hydrogen-bond acceptors (Lipinski definition) is 5. The summed E-state index contributed by atoms with van der Waals surface area (Å²) in [6.07, 6.45) is 1.07. The molecular formula is C15H20N2O4. The number of nitrogens with one attached hydrogen (secondary N) is 2. The van der Waals surface area contributed by atoms with Crippen LogP contribution in [0.15, 0.2) is 11.3 Å². The molecule has 21 heavy (non-hydrogen) atoms. The van der Waals surface area contributed by atoms with Crippen LogP contribution in [-0.2, 0) is 14.4 Å². The van der Waals surface area contributed by atoms with E-state index in [4.69, 9.17) is 5.41 Å². The zero-order valence-corrected chi connectivity index (χ0v) is 12.2. The van der Waals surface area contributed by atoms with Gasteiger partial charge in [-0.1, -0.05) is 13.8 Å². The number of ketones is 1. The van der Waals surface area contributed by atoms with Crippen LogP contribution in [0, 0.1) is 23.2 Å². The molecule has 1 saturated heterocycles. The first-order chi connectivity index (χ1) is 9.79. The highest BCUT2D eigenvalue weighted by Crippen LogP contribution is 2.32. The summed E-state index contributed by atoms with van der Waals surface area (Å²) in [5.41, 5.74) is 0.114. The average molecular weight is 292 g/mol. The Kier molecular flexibility index (Phi) is 4.25. The Hall–Kier alpha value is -1.98. The molecule has 0 aromatic rings. The third-order valence-electron chi connectivity index (χ3n) is 4.15. The number of aliphatic hydroxyl groups is 1. The van der Waals surface area contributed by atoms with Crippen molar-refractivity contribution in [3.8, 4) is 0 Å². The van der Waals surface area contributed by atoms with Crippen molar-refractivity contribution in [1.82, 2.24) is 5.32 Å². The van der Waals surface area contributed by atoms with Crippen LogP contribution in [-0.4, -0.2) is 28.4 Å². The van der Waals surface area contributed by atoms with Gasteiger partial charge in [-0.05, 0) is 18.8 Å². The number of carbonyl (C=O) groups is 3. The predicted octanol–water partition coefficient (Wildman–Crippen LogP) is 1.51. The molecule has 2 atom stereocenters. The van der Waals surface area contributed by atoms with Crippen LogP contribution in [0.5, 0.6) is 0 Å². The second kappa shape index (κ2) is 5.79. The number of Topliss-reactive ketones (excluding diaryl/α,β-unsaturated/α-hetero) is 1. The summed E-state index contributed by atoms with van der Waals surface area (Å²) in [4.78, 5) is 34.9. The van der Waals surface area contributed by atoms with Gasteiger partial charge in [-0.3, -0.25) is 19.7 Å². The zero-order valence-electron chi connectivity index (χ0n) is 12.2. The van der Waals surface area contributed by atoms with Gasteiger partial charge in [-0.15, -0.1) is 0 Å². The fourth-order valence-corrected chi connectivity index (χ4v) is 3.06. The van der Waals surface area contributed by atoms with Crippen molar-refractivity contribution in [1.29, 1.82) is 5.41 Å². The summed E-state index contributed by atoms with van der Waals surface area (Å²) in [6.45, 7) is 3.61. The Morgan fingerprint density at radius 1 is 1.19 bits per heavy atom. The first kappa shape index (κ1) is 15.4. The van der Waals surface area contributed by atoms with E-state index < -0.39 is 0 Å². The minimum absolute atomic E-state index is 0.0309. The molecule has 2 aliphatic rings. The molecule has 0 aromatic carbocycles. The van der Waals surface area contributed by atoms with Crippen LogP contribution < -0.4 is 5.32 Å². The SMILES string of the molecule is C[C@@H]1C[C@H](C)C(=O)C(C(=N)CC2CC(=O)NC(=O)C2)=C1O. The molecule has 1 aliphatic carbocycles. The van der Waals surface area contributed by atoms with E-state index in [1.807, 2.05) is 6.92 Å². The van der Waals surface area contributed by atoms with Gasteiger partial charge in [0, 0.05) is 30.4 Å². The molecular weight excluding hydrogens is 272 g/mol. The Bertz CT molecular complexity index is 534. The predicted molar refractivity (Wildman–Crippen MR) is 75.8 cm³/mol. The van der Waals surface area contributed by atoms with Crippen molar-refractivity contribution in [3.63, 3.8) is 0 Å². The first-order valence-electron chi connectivity index (χ1n) is 7.17. The van der Waals surface area contributed by atoms with Crippen molar-refractivity contribution in [2.75, 3.05) is 0 Å². The number of aliphatic hydroxyl groups excluding tert-OH is 1. The number of allylic oxidation sites excluding steroid dienone is 2. The molecule has 2 amide bonds. The Balaban J connectivity index is 2.15. The molecule has 0 unspecified atom stereocenters. The summed E-state index contributed by atoms with van der Waals surface area (Å²) in [5.74, 6) is -1.60. The maximum Gasteiger partial charge on any atom is 0.226 e. The molecule has 0 aromatic heterocycles. The van der Waals surface area contributed by atoms with Crippen LogP contribution in [0.2, 0.25) is 0 Å². The van der Waals surface area contributed by atoms with Gasteiger partial charge < -0.3 is 10.5 Å². The topological polar surface area (TPSA) is 107 Å². The van der Waals surface area contributed by atoms with Crippen molar-refractivity contribution in [3.05, 3.63) is 11.3 Å². The number of imide groups is 1. The summed E-state index contributed by atoms with van der Waals surface area (Å²) in [5, 5.41) is 20.4. The van der Waals surface area contributed by atoms with Gasteiger partial charge in [-0.25, -0.2) is 0 Å². The van der Waals surface area contributed by atoms with Crippen LogP contribution in [0.1, 0.15) is 39.5 Å². The molecule has 1 fully saturated rings. The summed E-state index contributed by atoms with van der Waals surface area (Å²) < 4.78 is 0. The maximum atomic E-state index is 12.2. The van der Waals surface area contributed by atoms with E-state index in [0.29, 0.717) is 6.42 Å². The van der Waals surface area contributed by atoms with Gasteiger partial charge in [-0.2, -0.15) is 0 Å². The third kappa shape index (κ3) is 3.20. The van der Waals surface area contributed by atoms with Crippen LogP contribution in [0.4, 0.5) is 0 Å².